The van der Waals surface area contributed by atoms with Crippen molar-refractivity contribution in [3.8, 4) is 0 Å². The Morgan fingerprint density at radius 2 is 2.00 bits per heavy atom. The summed E-state index contributed by atoms with van der Waals surface area (Å²) in [5.74, 6) is -1.01. The molecule has 28 heavy (non-hydrogen) atoms. The quantitative estimate of drug-likeness (QED) is 0.571. The lowest BCUT2D eigenvalue weighted by Crippen LogP contribution is -2.58. The van der Waals surface area contributed by atoms with Crippen LogP contribution in [0, 0.1) is 12.8 Å². The summed E-state index contributed by atoms with van der Waals surface area (Å²) < 4.78 is 10.5. The highest BCUT2D eigenvalue weighted by Crippen LogP contribution is 2.26. The maximum absolute atomic E-state index is 12.9. The van der Waals surface area contributed by atoms with Crippen LogP contribution in [0.2, 0.25) is 0 Å². The van der Waals surface area contributed by atoms with E-state index in [2.05, 4.69) is 5.32 Å². The molecule has 0 aromatic heterocycles. The first-order chi connectivity index (χ1) is 13.4. The second kappa shape index (κ2) is 9.68. The Bertz CT molecular complexity index is 734. The number of anilines is 1. The van der Waals surface area contributed by atoms with E-state index >= 15 is 0 Å². The number of aryl methyl sites for hydroxylation is 1. The van der Waals surface area contributed by atoms with Gasteiger partial charge in [-0.1, -0.05) is 12.1 Å². The predicted octanol–water partition coefficient (Wildman–Crippen LogP) is 2.53. The average molecular weight is 391 g/mol. The van der Waals surface area contributed by atoms with E-state index in [4.69, 9.17) is 9.47 Å². The number of carbonyl (C=O) groups excluding carboxylic acids is 3. The molecule has 0 aliphatic carbocycles. The van der Waals surface area contributed by atoms with Gasteiger partial charge in [-0.25, -0.2) is 4.79 Å². The molecule has 2 rings (SSSR count). The predicted molar refractivity (Wildman–Crippen MR) is 106 cm³/mol. The Hall–Kier alpha value is -2.41. The zero-order valence-electron chi connectivity index (χ0n) is 17.2. The van der Waals surface area contributed by atoms with Crippen LogP contribution in [0.3, 0.4) is 0 Å². The molecule has 1 aromatic rings. The van der Waals surface area contributed by atoms with Crippen LogP contribution in [-0.2, 0) is 19.1 Å². The number of hydrogen-bond donors (Lipinski definition) is 1. The van der Waals surface area contributed by atoms with Crippen LogP contribution in [0.1, 0.15) is 42.6 Å². The fourth-order valence-electron chi connectivity index (χ4n) is 3.92. The third-order valence-corrected chi connectivity index (χ3v) is 5.51. The second-order valence-electron chi connectivity index (χ2n) is 7.35. The number of likely N-dealkylation sites (tertiary alicyclic amines) is 1. The molecule has 0 bridgehead atoms. The average Bonchev–Trinajstić information content (AvgIpc) is 2.69. The van der Waals surface area contributed by atoms with Gasteiger partial charge in [0.05, 0.1) is 44.6 Å². The first-order valence-electron chi connectivity index (χ1n) is 9.85. The van der Waals surface area contributed by atoms with Crippen molar-refractivity contribution in [3.05, 3.63) is 29.3 Å². The molecule has 0 radical (unpaired) electrons. The number of piperidine rings is 1. The fraction of sp³-hybridized carbons (Fsp3) is 0.571. The zero-order chi connectivity index (χ0) is 20.7. The highest BCUT2D eigenvalue weighted by Gasteiger charge is 2.39. The lowest BCUT2D eigenvalue weighted by Gasteiger charge is -2.42. The summed E-state index contributed by atoms with van der Waals surface area (Å²) in [4.78, 5) is 37.1. The van der Waals surface area contributed by atoms with Gasteiger partial charge in [-0.15, -0.1) is 0 Å². The molecule has 154 valence electrons. The molecule has 0 saturated carbocycles. The monoisotopic (exact) mass is 391 g/mol. The van der Waals surface area contributed by atoms with E-state index in [1.165, 1.54) is 7.11 Å². The van der Waals surface area contributed by atoms with E-state index < -0.39 is 5.97 Å². The zero-order valence-corrected chi connectivity index (χ0v) is 17.2. The fourth-order valence-corrected chi connectivity index (χ4v) is 3.92. The second-order valence-corrected chi connectivity index (χ2v) is 7.35. The maximum Gasteiger partial charge on any atom is 0.339 e. The van der Waals surface area contributed by atoms with Gasteiger partial charge in [0.1, 0.15) is 5.92 Å². The van der Waals surface area contributed by atoms with Gasteiger partial charge in [0.15, 0.2) is 6.54 Å². The summed E-state index contributed by atoms with van der Waals surface area (Å²) in [6, 6.07) is 5.23. The van der Waals surface area contributed by atoms with Crippen LogP contribution in [0.25, 0.3) is 0 Å². The number of benzene rings is 1. The Kier molecular flexibility index (Phi) is 7.57. The maximum atomic E-state index is 12.9. The van der Waals surface area contributed by atoms with Gasteiger partial charge >= 0.3 is 11.9 Å². The summed E-state index contributed by atoms with van der Waals surface area (Å²) in [7, 11) is 1.32. The van der Waals surface area contributed by atoms with Crippen molar-refractivity contribution in [2.75, 3.05) is 45.2 Å². The van der Waals surface area contributed by atoms with Crippen LogP contribution in [0.4, 0.5) is 5.69 Å². The van der Waals surface area contributed by atoms with Crippen molar-refractivity contribution in [1.82, 2.24) is 0 Å². The smallest absolute Gasteiger partial charge is 0.339 e. The summed E-state index contributed by atoms with van der Waals surface area (Å²) >= 11 is 0. The lowest BCUT2D eigenvalue weighted by atomic mass is 9.95. The molecular formula is C21H31N2O5+. The first kappa shape index (κ1) is 21.9. The number of carbonyl (C=O) groups is 3. The number of nitrogens with zero attached hydrogens (tertiary/aromatic N) is 1. The van der Waals surface area contributed by atoms with Gasteiger partial charge in [-0.05, 0) is 45.2 Å². The molecule has 0 spiro atoms. The van der Waals surface area contributed by atoms with Crippen molar-refractivity contribution in [2.45, 2.75) is 33.6 Å². The number of quaternary nitrogens is 1. The number of nitrogens with one attached hydrogen (secondary N) is 1. The normalized spacial score (nSPS) is 21.6. The van der Waals surface area contributed by atoms with Gasteiger partial charge in [0.25, 0.3) is 5.91 Å². The molecule has 7 heteroatoms. The van der Waals surface area contributed by atoms with Crippen molar-refractivity contribution >= 4 is 23.5 Å². The standard InChI is InChI=1S/C21H30N2O5/c1-5-23(12-8-10-16(13-23)20(25)28-6-2)14-18(24)22-19-15(3)9-7-11-17(19)21(26)27-4/h7,9,11,16H,5-6,8,10,12-14H2,1-4H3/p+1. The number of ether oxygens (including phenoxy) is 2. The molecule has 1 heterocycles. The topological polar surface area (TPSA) is 81.7 Å². The number of likely N-dealkylation sites (N-methyl/N-ethyl adjacent to an activating group) is 1. The van der Waals surface area contributed by atoms with E-state index in [0.29, 0.717) is 28.9 Å². The van der Waals surface area contributed by atoms with Crippen molar-refractivity contribution in [3.63, 3.8) is 0 Å². The molecule has 1 saturated heterocycles. The molecule has 1 aliphatic heterocycles. The van der Waals surface area contributed by atoms with Crippen molar-refractivity contribution in [2.24, 2.45) is 5.92 Å². The van der Waals surface area contributed by atoms with Crippen LogP contribution in [0.5, 0.6) is 0 Å². The van der Waals surface area contributed by atoms with E-state index in [-0.39, 0.29) is 24.3 Å². The lowest BCUT2D eigenvalue weighted by molar-refractivity contribution is -0.925. The Balaban J connectivity index is 2.15. The molecule has 1 fully saturated rings. The largest absolute Gasteiger partial charge is 0.466 e. The van der Waals surface area contributed by atoms with E-state index in [0.717, 1.165) is 31.5 Å². The number of para-hydroxylation sites is 1. The number of esters is 2. The summed E-state index contributed by atoms with van der Waals surface area (Å²) in [5, 5.41) is 2.90. The highest BCUT2D eigenvalue weighted by molar-refractivity contribution is 6.02. The number of hydrogen-bond acceptors (Lipinski definition) is 5. The number of rotatable bonds is 7. The minimum atomic E-state index is -0.487. The minimum Gasteiger partial charge on any atom is -0.466 e. The van der Waals surface area contributed by atoms with Gasteiger partial charge < -0.3 is 19.3 Å². The van der Waals surface area contributed by atoms with E-state index in [1.807, 2.05) is 19.9 Å². The highest BCUT2D eigenvalue weighted by atomic mass is 16.5. The van der Waals surface area contributed by atoms with Gasteiger partial charge in [0, 0.05) is 0 Å². The number of amides is 1. The van der Waals surface area contributed by atoms with Gasteiger partial charge in [0.2, 0.25) is 0 Å². The van der Waals surface area contributed by atoms with Crippen LogP contribution >= 0.6 is 0 Å². The molecule has 2 unspecified atom stereocenters. The SMILES string of the molecule is CCOC(=O)C1CCC[N+](CC)(CC(=O)Nc2c(C)cccc2C(=O)OC)C1. The van der Waals surface area contributed by atoms with Gasteiger partial charge in [-0.2, -0.15) is 0 Å². The molecular weight excluding hydrogens is 360 g/mol. The Morgan fingerprint density at radius 1 is 1.25 bits per heavy atom. The first-order valence-corrected chi connectivity index (χ1v) is 9.85. The third kappa shape index (κ3) is 5.10. The molecule has 7 nitrogen and oxygen atoms in total. The van der Waals surface area contributed by atoms with Crippen LogP contribution < -0.4 is 5.32 Å². The minimum absolute atomic E-state index is 0.175. The van der Waals surface area contributed by atoms with Gasteiger partial charge in [-0.3, -0.25) is 9.59 Å². The molecule has 1 amide bonds. The molecule has 1 aliphatic rings. The molecule has 1 N–H and O–H groups in total. The molecule has 1 aromatic carbocycles. The van der Waals surface area contributed by atoms with Crippen molar-refractivity contribution in [1.29, 1.82) is 0 Å². The van der Waals surface area contributed by atoms with Crippen LogP contribution in [-0.4, -0.2) is 62.2 Å². The molecule has 2 atom stereocenters. The number of methoxy groups -OCH3 is 1. The van der Waals surface area contributed by atoms with Crippen molar-refractivity contribution < 1.29 is 28.3 Å². The van der Waals surface area contributed by atoms with E-state index in [1.54, 1.807) is 19.1 Å². The Morgan fingerprint density at radius 3 is 2.64 bits per heavy atom. The third-order valence-electron chi connectivity index (χ3n) is 5.51. The van der Waals surface area contributed by atoms with E-state index in [9.17, 15) is 14.4 Å². The summed E-state index contributed by atoms with van der Waals surface area (Å²) in [5.41, 5.74) is 1.61. The Labute approximate surface area is 166 Å². The van der Waals surface area contributed by atoms with Crippen LogP contribution in [0.15, 0.2) is 18.2 Å². The summed E-state index contributed by atoms with van der Waals surface area (Å²) in [6.45, 7) is 8.49. The summed E-state index contributed by atoms with van der Waals surface area (Å²) in [6.07, 6.45) is 1.67.